The molecule has 1 unspecified atom stereocenters. The molecule has 1 saturated carbocycles. The lowest BCUT2D eigenvalue weighted by atomic mass is 9.91. The van der Waals surface area contributed by atoms with Gasteiger partial charge >= 0.3 is 18.5 Å². The monoisotopic (exact) mass is 703 g/mol. The molecule has 1 atom stereocenters. The van der Waals surface area contributed by atoms with Crippen LogP contribution in [-0.2, 0) is 6.18 Å². The maximum atomic E-state index is 15.1. The van der Waals surface area contributed by atoms with E-state index in [0.717, 1.165) is 36.2 Å². The Morgan fingerprint density at radius 1 is 0.952 bits per heavy atom. The molecule has 2 aromatic carbocycles. The minimum absolute atomic E-state index is 0.0808. The summed E-state index contributed by atoms with van der Waals surface area (Å²) < 4.78 is 137. The Hall–Kier alpha value is -1.67. The summed E-state index contributed by atoms with van der Waals surface area (Å²) in [5, 5.41) is -0.941. The molecule has 1 nitrogen and oxygen atoms in total. The fraction of sp³-hybridized carbons (Fsp3) is 0.385. The second kappa shape index (κ2) is 12.4. The molecular formula is C26H18Cl3F10NS2. The van der Waals surface area contributed by atoms with Crippen molar-refractivity contribution in [2.75, 3.05) is 13.6 Å². The van der Waals surface area contributed by atoms with Gasteiger partial charge in [-0.05, 0) is 49.1 Å². The Balaban J connectivity index is 1.97. The summed E-state index contributed by atoms with van der Waals surface area (Å²) in [5.41, 5.74) is -4.48. The van der Waals surface area contributed by atoms with E-state index in [1.54, 1.807) is 0 Å². The lowest BCUT2D eigenvalue weighted by Crippen LogP contribution is -2.39. The van der Waals surface area contributed by atoms with Crippen LogP contribution in [0.15, 0.2) is 36.4 Å². The third kappa shape index (κ3) is 8.28. The zero-order valence-corrected chi connectivity index (χ0v) is 24.9. The van der Waals surface area contributed by atoms with E-state index in [-0.39, 0.29) is 37.4 Å². The number of nitrogens with zero attached hydrogens (tertiary/aromatic N) is 1. The molecule has 0 spiro atoms. The first-order valence-electron chi connectivity index (χ1n) is 11.7. The van der Waals surface area contributed by atoms with Gasteiger partial charge in [-0.15, -0.1) is 0 Å². The first-order valence-corrected chi connectivity index (χ1v) is 13.7. The van der Waals surface area contributed by atoms with Gasteiger partial charge in [-0.2, -0.15) is 39.5 Å². The Kier molecular flexibility index (Phi) is 10.3. The van der Waals surface area contributed by atoms with Crippen molar-refractivity contribution < 1.29 is 43.9 Å². The second-order valence-corrected chi connectivity index (χ2v) is 11.8. The number of hydrogen-bond donors (Lipinski definition) is 0. The van der Waals surface area contributed by atoms with Crippen LogP contribution in [0.3, 0.4) is 0 Å². The number of allylic oxidation sites excluding steroid dienone is 1. The van der Waals surface area contributed by atoms with Gasteiger partial charge in [-0.3, -0.25) is 0 Å². The van der Waals surface area contributed by atoms with Crippen molar-refractivity contribution in [3.63, 3.8) is 0 Å². The molecule has 3 rings (SSSR count). The highest BCUT2D eigenvalue weighted by atomic mass is 35.5. The normalized spacial score (nSPS) is 16.3. The van der Waals surface area contributed by atoms with Crippen molar-refractivity contribution in [2.24, 2.45) is 5.41 Å². The van der Waals surface area contributed by atoms with E-state index < -0.39 is 64.5 Å². The highest BCUT2D eigenvalue weighted by Gasteiger charge is 2.50. The fourth-order valence-electron chi connectivity index (χ4n) is 4.31. The van der Waals surface area contributed by atoms with Crippen LogP contribution in [-0.4, -0.2) is 40.7 Å². The molecule has 1 aliphatic carbocycles. The molecule has 0 bridgehead atoms. The quantitative estimate of drug-likeness (QED) is 0.117. The molecule has 0 aromatic heterocycles. The van der Waals surface area contributed by atoms with Crippen molar-refractivity contribution >= 4 is 74.9 Å². The number of benzene rings is 2. The molecule has 0 saturated heterocycles. The molecule has 0 amide bonds. The molecule has 0 heterocycles. The van der Waals surface area contributed by atoms with Crippen molar-refractivity contribution in [1.82, 2.24) is 4.90 Å². The van der Waals surface area contributed by atoms with Crippen LogP contribution < -0.4 is 0 Å². The second-order valence-electron chi connectivity index (χ2n) is 9.75. The Bertz CT molecular complexity index is 1390. The predicted octanol–water partition coefficient (Wildman–Crippen LogP) is 11.0. The smallest absolute Gasteiger partial charge is 0.360 e. The first kappa shape index (κ1) is 34.8. The number of rotatable bonds is 8. The van der Waals surface area contributed by atoms with Gasteiger partial charge in [0.2, 0.25) is 0 Å². The van der Waals surface area contributed by atoms with Gasteiger partial charge in [-0.25, -0.2) is 4.39 Å². The van der Waals surface area contributed by atoms with E-state index >= 15 is 4.39 Å². The van der Waals surface area contributed by atoms with Crippen LogP contribution >= 0.6 is 59.2 Å². The zero-order valence-electron chi connectivity index (χ0n) is 21.0. The third-order valence-electron chi connectivity index (χ3n) is 6.50. The summed E-state index contributed by atoms with van der Waals surface area (Å²) in [6.45, 7) is -1.36. The molecule has 1 aliphatic rings. The van der Waals surface area contributed by atoms with E-state index in [2.05, 4.69) is 0 Å². The third-order valence-corrected chi connectivity index (χ3v) is 8.81. The highest BCUT2D eigenvalue weighted by molar-refractivity contribution is 7.81. The van der Waals surface area contributed by atoms with Crippen LogP contribution in [0.2, 0.25) is 15.1 Å². The van der Waals surface area contributed by atoms with Gasteiger partial charge in [0.15, 0.2) is 0 Å². The van der Waals surface area contributed by atoms with E-state index in [4.69, 9.17) is 59.2 Å². The molecule has 230 valence electrons. The standard InChI is InChI=1S/C26H18Cl3F10NS2/c1-40(11-24(31,32)33)22(42)23(4-5-23)10-20(41)14-3-2-12(6-16(14)26(37,38)39)19(30)9-15(25(34,35)36)13-7-17(27)21(29)18(28)8-13/h2-3,6-9,15H,4-5,10-11H2,1H3/b19-9-. The SMILES string of the molecule is CN(CC(F)(F)F)C(=S)C1(CC(=S)c2ccc(/C(F)=C/C(c3cc(Cl)c(Cl)c(Cl)c3)C(F)(F)F)cc2C(F)(F)F)CC1. The number of halogens is 13. The number of hydrogen-bond acceptors (Lipinski definition) is 2. The molecule has 2 aromatic rings. The fourth-order valence-corrected chi connectivity index (χ4v) is 5.72. The van der Waals surface area contributed by atoms with E-state index in [0.29, 0.717) is 18.9 Å². The van der Waals surface area contributed by atoms with Gasteiger partial charge in [0.1, 0.15) is 18.3 Å². The summed E-state index contributed by atoms with van der Waals surface area (Å²) in [6.07, 6.45) is -14.4. The summed E-state index contributed by atoms with van der Waals surface area (Å²) in [5.74, 6) is -4.28. The van der Waals surface area contributed by atoms with Crippen LogP contribution in [0.1, 0.15) is 47.4 Å². The zero-order chi connectivity index (χ0) is 32.0. The number of thiocarbonyl (C=S) groups is 2. The maximum absolute atomic E-state index is 15.1. The lowest BCUT2D eigenvalue weighted by Gasteiger charge is -2.28. The van der Waals surface area contributed by atoms with Gasteiger partial charge in [0.25, 0.3) is 0 Å². The largest absolute Gasteiger partial charge is 0.417 e. The molecule has 0 N–H and O–H groups in total. The molecule has 1 fully saturated rings. The van der Waals surface area contributed by atoms with Gasteiger partial charge < -0.3 is 4.90 Å². The Morgan fingerprint density at radius 3 is 1.95 bits per heavy atom. The minimum Gasteiger partial charge on any atom is -0.360 e. The van der Waals surface area contributed by atoms with Crippen LogP contribution in [0.4, 0.5) is 43.9 Å². The number of alkyl halides is 9. The van der Waals surface area contributed by atoms with E-state index in [1.807, 2.05) is 0 Å². The first-order chi connectivity index (χ1) is 19.1. The highest BCUT2D eigenvalue weighted by Crippen LogP contribution is 2.52. The summed E-state index contributed by atoms with van der Waals surface area (Å²) in [4.78, 5) is 0.385. The molecule has 42 heavy (non-hydrogen) atoms. The average molecular weight is 705 g/mol. The Labute approximate surface area is 259 Å². The molecule has 16 heteroatoms. The van der Waals surface area contributed by atoms with Crippen molar-refractivity contribution in [1.29, 1.82) is 0 Å². The maximum Gasteiger partial charge on any atom is 0.417 e. The van der Waals surface area contributed by atoms with Crippen molar-refractivity contribution in [2.45, 2.75) is 43.7 Å². The lowest BCUT2D eigenvalue weighted by molar-refractivity contribution is -0.140. The molecule has 0 radical (unpaired) electrons. The molecule has 0 aliphatic heterocycles. The minimum atomic E-state index is -5.11. The van der Waals surface area contributed by atoms with Gasteiger partial charge in [0, 0.05) is 28.5 Å². The van der Waals surface area contributed by atoms with Crippen LogP contribution in [0.5, 0.6) is 0 Å². The predicted molar refractivity (Wildman–Crippen MR) is 150 cm³/mol. The van der Waals surface area contributed by atoms with Crippen molar-refractivity contribution in [3.05, 3.63) is 73.7 Å². The van der Waals surface area contributed by atoms with E-state index in [1.165, 1.54) is 0 Å². The Morgan fingerprint density at radius 2 is 1.50 bits per heavy atom. The summed E-state index contributed by atoms with van der Waals surface area (Å²) in [6, 6.07) is 3.57. The summed E-state index contributed by atoms with van der Waals surface area (Å²) in [7, 11) is 1.12. The molecular weight excluding hydrogens is 687 g/mol. The van der Waals surface area contributed by atoms with E-state index in [9.17, 15) is 39.5 Å². The van der Waals surface area contributed by atoms with Crippen LogP contribution in [0, 0.1) is 5.41 Å². The summed E-state index contributed by atoms with van der Waals surface area (Å²) >= 11 is 27.8. The van der Waals surface area contributed by atoms with Gasteiger partial charge in [0.05, 0.1) is 25.6 Å². The van der Waals surface area contributed by atoms with Crippen molar-refractivity contribution in [3.8, 4) is 0 Å². The van der Waals surface area contributed by atoms with Gasteiger partial charge in [-0.1, -0.05) is 71.4 Å². The topological polar surface area (TPSA) is 3.24 Å². The van der Waals surface area contributed by atoms with Crippen LogP contribution in [0.25, 0.3) is 5.83 Å². The average Bonchev–Trinajstić information content (AvgIpc) is 3.62.